The van der Waals surface area contributed by atoms with E-state index in [0.29, 0.717) is 22.2 Å². The van der Waals surface area contributed by atoms with Crippen LogP contribution in [0.25, 0.3) is 10.2 Å². The van der Waals surface area contributed by atoms with Crippen LogP contribution in [0.15, 0.2) is 70.3 Å². The third-order valence-corrected chi connectivity index (χ3v) is 6.92. The molecule has 1 amide bonds. The average Bonchev–Trinajstić information content (AvgIpc) is 3.54. The van der Waals surface area contributed by atoms with Crippen molar-refractivity contribution in [1.82, 2.24) is 4.98 Å². The van der Waals surface area contributed by atoms with Crippen LogP contribution in [0.3, 0.4) is 0 Å². The van der Waals surface area contributed by atoms with Crippen molar-refractivity contribution in [2.45, 2.75) is 26.3 Å². The smallest absolute Gasteiger partial charge is 0.296 e. The second-order valence-electron chi connectivity index (χ2n) is 8.00. The molecule has 0 saturated heterocycles. The normalized spacial score (nSPS) is 16.0. The Morgan fingerprint density at radius 3 is 2.59 bits per heavy atom. The molecule has 0 bridgehead atoms. The molecule has 2 aromatic carbocycles. The highest BCUT2D eigenvalue weighted by Crippen LogP contribution is 2.44. The molecule has 0 unspecified atom stereocenters. The Morgan fingerprint density at radius 2 is 1.94 bits per heavy atom. The van der Waals surface area contributed by atoms with Gasteiger partial charge < -0.3 is 14.3 Å². The van der Waals surface area contributed by atoms with Gasteiger partial charge >= 0.3 is 0 Å². The van der Waals surface area contributed by atoms with E-state index >= 15 is 0 Å². The molecule has 4 aromatic rings. The molecule has 7 nitrogen and oxygen atoms in total. The van der Waals surface area contributed by atoms with Crippen molar-refractivity contribution in [2.24, 2.45) is 0 Å². The van der Waals surface area contributed by atoms with Crippen molar-refractivity contribution < 1.29 is 23.8 Å². The van der Waals surface area contributed by atoms with Gasteiger partial charge in [-0.05, 0) is 60.9 Å². The fourth-order valence-corrected chi connectivity index (χ4v) is 5.16. The highest BCUT2D eigenvalue weighted by atomic mass is 32.1. The maximum Gasteiger partial charge on any atom is 0.296 e. The number of methoxy groups -OCH3 is 1. The number of hydrogen-bond donors (Lipinski definition) is 1. The van der Waals surface area contributed by atoms with E-state index in [1.54, 1.807) is 50.4 Å². The van der Waals surface area contributed by atoms with Crippen LogP contribution >= 0.6 is 11.3 Å². The maximum absolute atomic E-state index is 13.4. The molecule has 5 rings (SSSR count). The molecule has 3 heterocycles. The number of anilines is 1. The molecule has 8 heteroatoms. The summed E-state index contributed by atoms with van der Waals surface area (Å²) in [6, 6.07) is 15.3. The lowest BCUT2D eigenvalue weighted by Gasteiger charge is -2.24. The fraction of sp³-hybridized carbons (Fsp3) is 0.192. The number of ketones is 1. The number of furan rings is 1. The van der Waals surface area contributed by atoms with Crippen LogP contribution in [0.1, 0.15) is 40.4 Å². The van der Waals surface area contributed by atoms with E-state index in [2.05, 4.69) is 11.9 Å². The summed E-state index contributed by atoms with van der Waals surface area (Å²) < 4.78 is 11.7. The zero-order valence-corrected chi connectivity index (χ0v) is 19.7. The molecule has 0 spiro atoms. The summed E-state index contributed by atoms with van der Waals surface area (Å²) in [6.07, 6.45) is 0.879. The number of fused-ring (bicyclic) bond motifs is 1. The van der Waals surface area contributed by atoms with Crippen LogP contribution in [0.4, 0.5) is 5.13 Å². The molecule has 0 aliphatic carbocycles. The zero-order valence-electron chi connectivity index (χ0n) is 18.9. The fourth-order valence-electron chi connectivity index (χ4n) is 4.11. The van der Waals surface area contributed by atoms with Crippen LogP contribution in [-0.4, -0.2) is 28.9 Å². The van der Waals surface area contributed by atoms with Gasteiger partial charge in [-0.1, -0.05) is 36.5 Å². The van der Waals surface area contributed by atoms with E-state index in [1.807, 2.05) is 18.2 Å². The summed E-state index contributed by atoms with van der Waals surface area (Å²) in [5, 5.41) is 11.3. The minimum atomic E-state index is -0.873. The number of nitrogens with zero attached hydrogens (tertiary/aromatic N) is 2. The van der Waals surface area contributed by atoms with Gasteiger partial charge in [-0.3, -0.25) is 14.5 Å². The van der Waals surface area contributed by atoms with Gasteiger partial charge in [0.25, 0.3) is 5.91 Å². The van der Waals surface area contributed by atoms with Crippen LogP contribution in [0.5, 0.6) is 5.75 Å². The number of carbonyl (C=O) groups is 2. The highest BCUT2D eigenvalue weighted by molar-refractivity contribution is 7.22. The molecule has 172 valence electrons. The van der Waals surface area contributed by atoms with Crippen LogP contribution in [0.2, 0.25) is 0 Å². The number of thiazole rings is 1. The third kappa shape index (κ3) is 3.56. The number of carbonyl (C=O) groups excluding carboxylic acids is 2. The van der Waals surface area contributed by atoms with Gasteiger partial charge in [-0.2, -0.15) is 0 Å². The van der Waals surface area contributed by atoms with Gasteiger partial charge in [0.05, 0.1) is 28.9 Å². The van der Waals surface area contributed by atoms with E-state index in [4.69, 9.17) is 9.15 Å². The van der Waals surface area contributed by atoms with Gasteiger partial charge in [-0.25, -0.2) is 4.98 Å². The van der Waals surface area contributed by atoms with Crippen LogP contribution in [-0.2, 0) is 11.2 Å². The Balaban J connectivity index is 1.66. The molecular formula is C26H22N2O5S. The predicted octanol–water partition coefficient (Wildman–Crippen LogP) is 5.55. The number of hydrogen-bond acceptors (Lipinski definition) is 7. The van der Waals surface area contributed by atoms with E-state index in [1.165, 1.54) is 16.2 Å². The van der Waals surface area contributed by atoms with Crippen molar-refractivity contribution in [3.05, 3.63) is 88.6 Å². The molecular weight excluding hydrogens is 452 g/mol. The topological polar surface area (TPSA) is 92.9 Å². The van der Waals surface area contributed by atoms with Gasteiger partial charge in [0.1, 0.15) is 11.5 Å². The number of aliphatic hydroxyl groups excluding tert-OH is 1. The Hall–Kier alpha value is -3.91. The number of Topliss-reactive ketones (excluding diaryl/α,β-unsaturated/α-hetero) is 1. The molecule has 1 N–H and O–H groups in total. The van der Waals surface area contributed by atoms with Crippen molar-refractivity contribution in [2.75, 3.05) is 12.0 Å². The predicted molar refractivity (Wildman–Crippen MR) is 130 cm³/mol. The Morgan fingerprint density at radius 1 is 1.18 bits per heavy atom. The first-order valence-corrected chi connectivity index (χ1v) is 11.6. The summed E-state index contributed by atoms with van der Waals surface area (Å²) in [5.41, 5.74) is 2.50. The number of aryl methyl sites for hydroxylation is 2. The van der Waals surface area contributed by atoms with Crippen molar-refractivity contribution in [3.63, 3.8) is 0 Å². The largest absolute Gasteiger partial charge is 0.503 e. The number of aliphatic hydroxyl groups is 1. The molecule has 0 fully saturated rings. The van der Waals surface area contributed by atoms with Crippen LogP contribution in [0, 0.1) is 6.92 Å². The Kier molecular flexibility index (Phi) is 5.45. The number of amides is 1. The van der Waals surface area contributed by atoms with Gasteiger partial charge in [-0.15, -0.1) is 0 Å². The molecule has 1 aliphatic heterocycles. The number of rotatable bonds is 6. The summed E-state index contributed by atoms with van der Waals surface area (Å²) in [5.74, 6) is -0.575. The Bertz CT molecular complexity index is 1450. The highest BCUT2D eigenvalue weighted by Gasteiger charge is 2.46. The first kappa shape index (κ1) is 21.9. The van der Waals surface area contributed by atoms with Gasteiger partial charge in [0.15, 0.2) is 16.7 Å². The first-order valence-electron chi connectivity index (χ1n) is 10.8. The van der Waals surface area contributed by atoms with Gasteiger partial charge in [0, 0.05) is 0 Å². The lowest BCUT2D eigenvalue weighted by molar-refractivity contribution is -0.117. The third-order valence-electron chi connectivity index (χ3n) is 5.90. The molecule has 34 heavy (non-hydrogen) atoms. The second kappa shape index (κ2) is 8.46. The van der Waals surface area contributed by atoms with Crippen molar-refractivity contribution >= 4 is 38.4 Å². The second-order valence-corrected chi connectivity index (χ2v) is 9.01. The van der Waals surface area contributed by atoms with E-state index < -0.39 is 23.5 Å². The van der Waals surface area contributed by atoms with Crippen molar-refractivity contribution in [3.8, 4) is 5.75 Å². The molecule has 0 saturated carbocycles. The zero-order chi connectivity index (χ0) is 24.0. The SMILES string of the molecule is CCc1ccc2nc(N3C(=O)C(O)=C(C(=O)c4ccc(C)o4)[C@@H]3c3ccc(OC)cc3)sc2c1. The minimum absolute atomic E-state index is 0.0435. The Labute approximate surface area is 199 Å². The maximum atomic E-state index is 13.4. The average molecular weight is 475 g/mol. The van der Waals surface area contributed by atoms with Crippen molar-refractivity contribution in [1.29, 1.82) is 0 Å². The molecule has 1 aliphatic rings. The van der Waals surface area contributed by atoms with E-state index in [9.17, 15) is 14.7 Å². The standard InChI is InChI=1S/C26H22N2O5S/c1-4-15-6-11-18-20(13-15)34-26(27-18)28-22(16-7-9-17(32-3)10-8-16)21(24(30)25(28)31)23(29)19-12-5-14(2)33-19/h5-13,22,30H,4H2,1-3H3/t22-/m0/s1. The number of aromatic nitrogens is 1. The molecule has 0 radical (unpaired) electrons. The monoisotopic (exact) mass is 474 g/mol. The minimum Gasteiger partial charge on any atom is -0.503 e. The lowest BCUT2D eigenvalue weighted by atomic mass is 9.95. The quantitative estimate of drug-likeness (QED) is 0.368. The summed E-state index contributed by atoms with van der Waals surface area (Å²) >= 11 is 1.35. The molecule has 2 aromatic heterocycles. The lowest BCUT2D eigenvalue weighted by Crippen LogP contribution is -2.30. The van der Waals surface area contributed by atoms with E-state index in [0.717, 1.165) is 22.2 Å². The number of ether oxygens (including phenoxy) is 1. The van der Waals surface area contributed by atoms with E-state index in [-0.39, 0.29) is 11.3 Å². The summed E-state index contributed by atoms with van der Waals surface area (Å²) in [7, 11) is 1.56. The molecule has 1 atom stereocenters. The van der Waals surface area contributed by atoms with Crippen LogP contribution < -0.4 is 9.64 Å². The summed E-state index contributed by atoms with van der Waals surface area (Å²) in [4.78, 5) is 32.8. The summed E-state index contributed by atoms with van der Waals surface area (Å²) in [6.45, 7) is 3.80. The van der Waals surface area contributed by atoms with Gasteiger partial charge in [0.2, 0.25) is 5.78 Å². The number of benzene rings is 2. The first-order chi connectivity index (χ1) is 16.4.